The topological polar surface area (TPSA) is 104 Å². The minimum atomic E-state index is -0.190. The second-order valence-corrected chi connectivity index (χ2v) is 7.00. The molecule has 0 aliphatic heterocycles. The molecule has 1 aliphatic rings. The number of nitrogens with zero attached hydrogens (tertiary/aromatic N) is 5. The summed E-state index contributed by atoms with van der Waals surface area (Å²) in [4.78, 5) is 16.9. The Hall–Kier alpha value is -3.61. The number of nitrogen functional groups attached to an aromatic ring is 1. The van der Waals surface area contributed by atoms with Gasteiger partial charge in [-0.25, -0.2) is 9.97 Å². The fourth-order valence-corrected chi connectivity index (χ4v) is 3.67. The molecule has 0 amide bonds. The molecule has 0 unspecified atom stereocenters. The van der Waals surface area contributed by atoms with Gasteiger partial charge in [-0.2, -0.15) is 4.98 Å². The molecule has 4 aromatic rings. The molecule has 7 heteroatoms. The van der Waals surface area contributed by atoms with E-state index < -0.39 is 0 Å². The highest BCUT2D eigenvalue weighted by atomic mass is 16.5. The largest absolute Gasteiger partial charge is 0.368 e. The Morgan fingerprint density at radius 2 is 1.57 bits per heavy atom. The minimum absolute atomic E-state index is 0.190. The van der Waals surface area contributed by atoms with E-state index in [-0.39, 0.29) is 11.4 Å². The van der Waals surface area contributed by atoms with Crippen LogP contribution in [0.1, 0.15) is 30.7 Å². The molecular formula is C21H18N6O. The summed E-state index contributed by atoms with van der Waals surface area (Å²) in [6.07, 6.45) is 10.1. The fourth-order valence-electron chi connectivity index (χ4n) is 3.67. The van der Waals surface area contributed by atoms with Gasteiger partial charge in [0.2, 0.25) is 5.95 Å². The summed E-state index contributed by atoms with van der Waals surface area (Å²) in [7, 11) is 0. The molecule has 0 atom stereocenters. The van der Waals surface area contributed by atoms with Crippen LogP contribution in [0.3, 0.4) is 0 Å². The summed E-state index contributed by atoms with van der Waals surface area (Å²) >= 11 is 0. The standard InChI is InChI=1S/C21H18N6O/c22-20-24-12-16(13-25-20)14-2-4-17(5-3-14)21(8-1-9-21)19-26-18(28-27-19)15-6-10-23-11-7-15/h2-7,10-13H,1,8-9H2,(H2,22,24,25). The third kappa shape index (κ3) is 2.72. The van der Waals surface area contributed by atoms with Gasteiger partial charge >= 0.3 is 0 Å². The van der Waals surface area contributed by atoms with E-state index in [0.29, 0.717) is 5.89 Å². The Labute approximate surface area is 161 Å². The van der Waals surface area contributed by atoms with Crippen molar-refractivity contribution in [2.45, 2.75) is 24.7 Å². The molecule has 3 heterocycles. The van der Waals surface area contributed by atoms with Crippen LogP contribution in [0.2, 0.25) is 0 Å². The molecule has 1 aliphatic carbocycles. The van der Waals surface area contributed by atoms with E-state index >= 15 is 0 Å². The Balaban J connectivity index is 1.47. The van der Waals surface area contributed by atoms with E-state index in [4.69, 9.17) is 15.2 Å². The van der Waals surface area contributed by atoms with E-state index in [1.807, 2.05) is 12.1 Å². The van der Waals surface area contributed by atoms with Crippen molar-refractivity contribution >= 4 is 5.95 Å². The average molecular weight is 370 g/mol. The Morgan fingerprint density at radius 1 is 0.857 bits per heavy atom. The number of benzene rings is 1. The van der Waals surface area contributed by atoms with Crippen LogP contribution in [0, 0.1) is 0 Å². The molecule has 1 aromatic carbocycles. The van der Waals surface area contributed by atoms with Gasteiger partial charge in [-0.1, -0.05) is 35.8 Å². The van der Waals surface area contributed by atoms with Crippen molar-refractivity contribution in [2.24, 2.45) is 0 Å². The summed E-state index contributed by atoms with van der Waals surface area (Å²) < 4.78 is 5.54. The minimum Gasteiger partial charge on any atom is -0.368 e. The van der Waals surface area contributed by atoms with Gasteiger partial charge in [0.05, 0.1) is 5.41 Å². The van der Waals surface area contributed by atoms with Crippen LogP contribution < -0.4 is 5.73 Å². The predicted octanol–water partition coefficient (Wildman–Crippen LogP) is 3.64. The van der Waals surface area contributed by atoms with Crippen molar-refractivity contribution in [3.63, 3.8) is 0 Å². The molecule has 1 fully saturated rings. The number of pyridine rings is 1. The molecule has 3 aromatic heterocycles. The maximum absolute atomic E-state index is 5.57. The first-order valence-electron chi connectivity index (χ1n) is 9.18. The second kappa shape index (κ2) is 6.53. The third-order valence-corrected chi connectivity index (χ3v) is 5.43. The van der Waals surface area contributed by atoms with Crippen molar-refractivity contribution < 1.29 is 4.52 Å². The third-order valence-electron chi connectivity index (χ3n) is 5.43. The fraction of sp³-hybridized carbons (Fsp3) is 0.190. The van der Waals surface area contributed by atoms with Crippen LogP contribution in [-0.2, 0) is 5.41 Å². The van der Waals surface area contributed by atoms with E-state index in [2.05, 4.69) is 44.4 Å². The van der Waals surface area contributed by atoms with Gasteiger partial charge in [-0.15, -0.1) is 0 Å². The molecule has 0 bridgehead atoms. The van der Waals surface area contributed by atoms with Gasteiger partial charge in [0.25, 0.3) is 5.89 Å². The summed E-state index contributed by atoms with van der Waals surface area (Å²) in [5.74, 6) is 1.55. The zero-order chi connectivity index (χ0) is 19.0. The first-order chi connectivity index (χ1) is 13.7. The Morgan fingerprint density at radius 3 is 2.21 bits per heavy atom. The molecule has 7 nitrogen and oxygen atoms in total. The highest BCUT2D eigenvalue weighted by Gasteiger charge is 2.44. The number of nitrogens with two attached hydrogens (primary N) is 1. The SMILES string of the molecule is Nc1ncc(-c2ccc(C3(c4noc(-c5ccncc5)n4)CCC3)cc2)cn1. The average Bonchev–Trinajstić information content (AvgIpc) is 3.19. The monoisotopic (exact) mass is 370 g/mol. The number of rotatable bonds is 4. The predicted molar refractivity (Wildman–Crippen MR) is 104 cm³/mol. The molecule has 0 radical (unpaired) electrons. The van der Waals surface area contributed by atoms with Crippen molar-refractivity contribution in [1.29, 1.82) is 0 Å². The van der Waals surface area contributed by atoms with Crippen molar-refractivity contribution in [1.82, 2.24) is 25.1 Å². The summed E-state index contributed by atoms with van der Waals surface area (Å²) in [6.45, 7) is 0. The van der Waals surface area contributed by atoms with Crippen LogP contribution in [-0.4, -0.2) is 25.1 Å². The number of aromatic nitrogens is 5. The zero-order valence-corrected chi connectivity index (χ0v) is 15.1. The second-order valence-electron chi connectivity index (χ2n) is 7.00. The smallest absolute Gasteiger partial charge is 0.258 e. The van der Waals surface area contributed by atoms with E-state index in [9.17, 15) is 0 Å². The Kier molecular flexibility index (Phi) is 3.86. The van der Waals surface area contributed by atoms with Crippen LogP contribution in [0.15, 0.2) is 65.7 Å². The summed E-state index contributed by atoms with van der Waals surface area (Å²) in [6, 6.07) is 12.2. The molecule has 28 heavy (non-hydrogen) atoms. The van der Waals surface area contributed by atoms with Gasteiger partial charge in [0.1, 0.15) is 0 Å². The van der Waals surface area contributed by atoms with Crippen molar-refractivity contribution in [2.75, 3.05) is 5.73 Å². The molecule has 5 rings (SSSR count). The van der Waals surface area contributed by atoms with E-state index in [1.54, 1.807) is 24.8 Å². The van der Waals surface area contributed by atoms with Crippen molar-refractivity contribution in [3.05, 3.63) is 72.6 Å². The van der Waals surface area contributed by atoms with Gasteiger partial charge in [-0.05, 0) is 36.1 Å². The molecule has 2 N–H and O–H groups in total. The lowest BCUT2D eigenvalue weighted by Gasteiger charge is -2.39. The van der Waals surface area contributed by atoms with Crippen molar-refractivity contribution in [3.8, 4) is 22.6 Å². The molecule has 0 spiro atoms. The maximum Gasteiger partial charge on any atom is 0.258 e. The lowest BCUT2D eigenvalue weighted by molar-refractivity contribution is 0.273. The number of hydrogen-bond donors (Lipinski definition) is 1. The maximum atomic E-state index is 5.57. The van der Waals surface area contributed by atoms with Crippen LogP contribution >= 0.6 is 0 Å². The van der Waals surface area contributed by atoms with Gasteiger partial charge in [0.15, 0.2) is 5.82 Å². The number of anilines is 1. The van der Waals surface area contributed by atoms with Gasteiger partial charge < -0.3 is 10.3 Å². The highest BCUT2D eigenvalue weighted by molar-refractivity contribution is 5.63. The van der Waals surface area contributed by atoms with Crippen LogP contribution in [0.4, 0.5) is 5.95 Å². The number of hydrogen-bond acceptors (Lipinski definition) is 7. The van der Waals surface area contributed by atoms with Gasteiger partial charge in [-0.3, -0.25) is 4.98 Å². The first kappa shape index (κ1) is 16.6. The summed E-state index contributed by atoms with van der Waals surface area (Å²) in [5.41, 5.74) is 9.43. The van der Waals surface area contributed by atoms with Gasteiger partial charge in [0, 0.05) is 35.9 Å². The lowest BCUT2D eigenvalue weighted by atomic mass is 9.64. The quantitative estimate of drug-likeness (QED) is 0.585. The normalized spacial score (nSPS) is 15.1. The zero-order valence-electron chi connectivity index (χ0n) is 15.1. The van der Waals surface area contributed by atoms with E-state index in [1.165, 1.54) is 5.56 Å². The lowest BCUT2D eigenvalue weighted by Crippen LogP contribution is -2.36. The molecule has 138 valence electrons. The Bertz CT molecular complexity index is 1090. The van der Waals surface area contributed by atoms with E-state index in [0.717, 1.165) is 41.8 Å². The summed E-state index contributed by atoms with van der Waals surface area (Å²) in [5, 5.41) is 4.31. The molecule has 0 saturated heterocycles. The van der Waals surface area contributed by atoms with Crippen LogP contribution in [0.25, 0.3) is 22.6 Å². The molecular weight excluding hydrogens is 352 g/mol. The first-order valence-corrected chi connectivity index (χ1v) is 9.18. The highest BCUT2D eigenvalue weighted by Crippen LogP contribution is 2.48. The molecule has 1 saturated carbocycles. The van der Waals surface area contributed by atoms with Crippen LogP contribution in [0.5, 0.6) is 0 Å².